The van der Waals surface area contributed by atoms with E-state index in [1.807, 2.05) is 0 Å². The Balaban J connectivity index is -0.00000000450. The summed E-state index contributed by atoms with van der Waals surface area (Å²) in [5.41, 5.74) is 0. The Morgan fingerprint density at radius 3 is 0.889 bits per heavy atom. The van der Waals surface area contributed by atoms with Crippen LogP contribution in [0.4, 0.5) is 18.8 Å². The Morgan fingerprint density at radius 2 is 0.889 bits per heavy atom. The maximum Gasteiger partial charge on any atom is 0.0483 e. The fourth-order valence-corrected chi connectivity index (χ4v) is 0. The number of hydrogen-bond donors (Lipinski definition) is 1. The van der Waals surface area contributed by atoms with Gasteiger partial charge in [-0.25, -0.2) is 0 Å². The zero-order chi connectivity index (χ0) is 3.58. The number of aliphatic hydroxyl groups is 1. The monoisotopic (exact) mass is 230 g/mol. The third-order valence-corrected chi connectivity index (χ3v) is 0. The van der Waals surface area contributed by atoms with Gasteiger partial charge >= 0.3 is 0 Å². The third-order valence-electron chi connectivity index (χ3n) is 0. The van der Waals surface area contributed by atoms with E-state index in [4.69, 9.17) is 5.11 Å². The van der Waals surface area contributed by atoms with Crippen LogP contribution in [0.15, 0.2) is 0 Å². The van der Waals surface area contributed by atoms with E-state index in [0.717, 1.165) is 0 Å². The van der Waals surface area contributed by atoms with Gasteiger partial charge in [0.05, 0.1) is 0 Å². The number of aliphatic hydroxyl groups excluding tert-OH is 1. The molecular weight excluding hydrogens is 219 g/mol. The van der Waals surface area contributed by atoms with Crippen LogP contribution in [0.3, 0.4) is 0 Å². The smallest absolute Gasteiger partial charge is 0.0483 e. The minimum atomic E-state index is -0.167. The normalized spacial score (nSPS) is 4.00. The van der Waals surface area contributed by atoms with Crippen LogP contribution >= 0.6 is 0 Å². The summed E-state index contributed by atoms with van der Waals surface area (Å²) in [7, 11) is 0. The fraction of sp³-hybridized carbons (Fsp3) is 1.00. The molecule has 0 heterocycles. The molecule has 0 bridgehead atoms. The first-order valence-corrected chi connectivity index (χ1v) is 1.41. The minimum absolute atomic E-state index is 0. The van der Waals surface area contributed by atoms with Crippen molar-refractivity contribution in [2.24, 2.45) is 0 Å². The second-order valence-corrected chi connectivity index (χ2v) is 1.09. The quantitative estimate of drug-likeness (QED) is 0.617. The Bertz CT molecular complexity index is 20.5. The second kappa shape index (κ2) is 38.6. The summed E-state index contributed by atoms with van der Waals surface area (Å²) in [4.78, 5) is 0. The molecule has 0 aliphatic rings. The van der Waals surface area contributed by atoms with Gasteiger partial charge in [0.2, 0.25) is 0 Å². The molecule has 6 heteroatoms. The van der Waals surface area contributed by atoms with Gasteiger partial charge in [0.15, 0.2) is 0 Å². The van der Waals surface area contributed by atoms with Crippen LogP contribution in [-0.2, 0) is 26.2 Å². The minimum Gasteiger partial charge on any atom is -0.394 e. The Morgan fingerprint density at radius 1 is 0.889 bits per heavy atom. The molecule has 0 saturated carbocycles. The Kier molecular flexibility index (Phi) is 237. The number of hydrogen-bond acceptors (Lipinski definition) is 1. The molecule has 0 fully saturated rings. The van der Waals surface area contributed by atoms with Crippen LogP contribution in [-0.4, -0.2) is 11.2 Å². The van der Waals surface area contributed by atoms with Crippen LogP contribution in [0.25, 0.3) is 0 Å². The van der Waals surface area contributed by atoms with Gasteiger partial charge in [0, 0.05) is 32.3 Å². The average molecular weight is 231 g/mol. The molecule has 0 saturated heterocycles. The molecule has 0 aromatic rings. The third kappa shape index (κ3) is 1160. The molecule has 1 nitrogen and oxygen atoms in total. The van der Waals surface area contributed by atoms with E-state index in [0.29, 0.717) is 0 Å². The van der Waals surface area contributed by atoms with Crippen LogP contribution in [0.2, 0.25) is 0 Å². The van der Waals surface area contributed by atoms with Crippen molar-refractivity contribution in [3.63, 3.8) is 0 Å². The SMILES string of the molecule is CC(C)O.F.F.F.F.[Zr]. The van der Waals surface area contributed by atoms with Crippen molar-refractivity contribution >= 4 is 0 Å². The summed E-state index contributed by atoms with van der Waals surface area (Å²) < 4.78 is 0. The van der Waals surface area contributed by atoms with Crippen molar-refractivity contribution in [3.8, 4) is 0 Å². The van der Waals surface area contributed by atoms with Crippen LogP contribution in [0.1, 0.15) is 13.8 Å². The molecule has 0 radical (unpaired) electrons. The van der Waals surface area contributed by atoms with E-state index >= 15 is 0 Å². The van der Waals surface area contributed by atoms with E-state index in [9.17, 15) is 0 Å². The van der Waals surface area contributed by atoms with Crippen molar-refractivity contribution < 1.29 is 50.1 Å². The molecule has 9 heavy (non-hydrogen) atoms. The summed E-state index contributed by atoms with van der Waals surface area (Å²) in [5, 5.41) is 8.06. The molecule has 0 rings (SSSR count). The maximum absolute atomic E-state index is 8.06. The van der Waals surface area contributed by atoms with Gasteiger partial charge in [-0.05, 0) is 13.8 Å². The number of halogens is 4. The largest absolute Gasteiger partial charge is 0.394 e. The molecule has 0 aromatic carbocycles. The molecule has 0 aliphatic heterocycles. The van der Waals surface area contributed by atoms with E-state index in [1.54, 1.807) is 13.8 Å². The molecule has 0 aromatic heterocycles. The molecule has 0 unspecified atom stereocenters. The van der Waals surface area contributed by atoms with E-state index < -0.39 is 0 Å². The number of rotatable bonds is 0. The zero-order valence-corrected chi connectivity index (χ0v) is 7.62. The van der Waals surface area contributed by atoms with Gasteiger partial charge in [0.25, 0.3) is 0 Å². The molecule has 0 atom stereocenters. The maximum atomic E-state index is 8.06. The summed E-state index contributed by atoms with van der Waals surface area (Å²) >= 11 is 0. The zero-order valence-electron chi connectivity index (χ0n) is 5.16. The standard InChI is InChI=1S/C3H8O.4FH.Zr/c1-3(2)4;;;;;/h3-4H,1-2H3;4*1H;. The average Bonchev–Trinajstić information content (AvgIpc) is 0.811. The van der Waals surface area contributed by atoms with Crippen molar-refractivity contribution in [1.82, 2.24) is 0 Å². The summed E-state index contributed by atoms with van der Waals surface area (Å²) in [6.07, 6.45) is -0.167. The topological polar surface area (TPSA) is 20.2 Å². The predicted octanol–water partition coefficient (Wildman–Crippen LogP) is 0.995. The van der Waals surface area contributed by atoms with Crippen molar-refractivity contribution in [1.29, 1.82) is 0 Å². The summed E-state index contributed by atoms with van der Waals surface area (Å²) in [6.45, 7) is 3.44. The first-order chi connectivity index (χ1) is 1.73. The first-order valence-electron chi connectivity index (χ1n) is 1.41. The van der Waals surface area contributed by atoms with Crippen molar-refractivity contribution in [2.75, 3.05) is 0 Å². The van der Waals surface area contributed by atoms with Crippen LogP contribution in [0, 0.1) is 0 Å². The Labute approximate surface area is 70.4 Å². The fourth-order valence-electron chi connectivity index (χ4n) is 0. The molecule has 0 spiro atoms. The van der Waals surface area contributed by atoms with Gasteiger partial charge in [-0.2, -0.15) is 0 Å². The molecular formula is C3H12F4OZr. The van der Waals surface area contributed by atoms with Crippen molar-refractivity contribution in [2.45, 2.75) is 20.0 Å². The Hall–Kier alpha value is 0.563. The van der Waals surface area contributed by atoms with Gasteiger partial charge in [0.1, 0.15) is 0 Å². The second-order valence-electron chi connectivity index (χ2n) is 1.09. The molecule has 0 aliphatic carbocycles. The molecule has 1 N–H and O–H groups in total. The van der Waals surface area contributed by atoms with E-state index in [1.165, 1.54) is 0 Å². The van der Waals surface area contributed by atoms with Gasteiger partial charge in [-0.15, -0.1) is 0 Å². The predicted molar refractivity (Wildman–Crippen MR) is 27.4 cm³/mol. The van der Waals surface area contributed by atoms with E-state index in [-0.39, 0.29) is 51.1 Å². The molecule has 62 valence electrons. The molecule has 0 amide bonds. The summed E-state index contributed by atoms with van der Waals surface area (Å²) in [5.74, 6) is 0. The van der Waals surface area contributed by atoms with Gasteiger partial charge in [-0.3, -0.25) is 18.8 Å². The van der Waals surface area contributed by atoms with Crippen LogP contribution < -0.4 is 0 Å². The summed E-state index contributed by atoms with van der Waals surface area (Å²) in [6, 6.07) is 0. The van der Waals surface area contributed by atoms with E-state index in [2.05, 4.69) is 0 Å². The first kappa shape index (κ1) is 55.2. The van der Waals surface area contributed by atoms with Gasteiger partial charge < -0.3 is 5.11 Å². The van der Waals surface area contributed by atoms with Gasteiger partial charge in [-0.1, -0.05) is 0 Å². The van der Waals surface area contributed by atoms with Crippen molar-refractivity contribution in [3.05, 3.63) is 0 Å². The van der Waals surface area contributed by atoms with Crippen LogP contribution in [0.5, 0.6) is 0 Å².